The van der Waals surface area contributed by atoms with E-state index in [1.54, 1.807) is 0 Å². The molecule has 3 nitrogen and oxygen atoms in total. The summed E-state index contributed by atoms with van der Waals surface area (Å²) in [6, 6.07) is 3.79. The third-order valence-electron chi connectivity index (χ3n) is 2.32. The molecule has 1 aliphatic heterocycles. The van der Waals surface area contributed by atoms with Crippen molar-refractivity contribution >= 4 is 5.69 Å². The first-order valence-corrected chi connectivity index (χ1v) is 4.29. The van der Waals surface area contributed by atoms with Gasteiger partial charge in [-0.3, -0.25) is 4.98 Å². The number of nitrogens with two attached hydrogens (primary N) is 1. The van der Waals surface area contributed by atoms with Gasteiger partial charge in [-0.1, -0.05) is 0 Å². The molecule has 0 bridgehead atoms. The SMILES string of the molecule is Nc1cccnc1[C@H]1CCNC1. The quantitative estimate of drug-likeness (QED) is 0.642. The lowest BCUT2D eigenvalue weighted by atomic mass is 10.0. The van der Waals surface area contributed by atoms with Crippen LogP contribution in [0.25, 0.3) is 0 Å². The molecule has 1 aliphatic rings. The Morgan fingerprint density at radius 3 is 3.17 bits per heavy atom. The van der Waals surface area contributed by atoms with E-state index in [1.165, 1.54) is 0 Å². The van der Waals surface area contributed by atoms with E-state index >= 15 is 0 Å². The van der Waals surface area contributed by atoms with Gasteiger partial charge in [0.1, 0.15) is 0 Å². The topological polar surface area (TPSA) is 50.9 Å². The average molecular weight is 163 g/mol. The number of hydrogen-bond acceptors (Lipinski definition) is 3. The molecule has 12 heavy (non-hydrogen) atoms. The van der Waals surface area contributed by atoms with Gasteiger partial charge in [-0.05, 0) is 25.1 Å². The number of hydrogen-bond donors (Lipinski definition) is 2. The predicted octanol–water partition coefficient (Wildman–Crippen LogP) is 0.741. The van der Waals surface area contributed by atoms with Crippen LogP contribution in [0.4, 0.5) is 5.69 Å². The summed E-state index contributed by atoms with van der Waals surface area (Å²) in [6.07, 6.45) is 2.96. The van der Waals surface area contributed by atoms with Gasteiger partial charge in [-0.2, -0.15) is 0 Å². The first-order valence-electron chi connectivity index (χ1n) is 4.29. The first kappa shape index (κ1) is 7.55. The van der Waals surface area contributed by atoms with Crippen LogP contribution in [0.15, 0.2) is 18.3 Å². The third-order valence-corrected chi connectivity index (χ3v) is 2.32. The van der Waals surface area contributed by atoms with Crippen LogP contribution < -0.4 is 11.1 Å². The lowest BCUT2D eigenvalue weighted by Crippen LogP contribution is -2.10. The normalized spacial score (nSPS) is 22.8. The van der Waals surface area contributed by atoms with Crippen LogP contribution in [0, 0.1) is 0 Å². The third kappa shape index (κ3) is 1.28. The van der Waals surface area contributed by atoms with Crippen molar-refractivity contribution in [3.8, 4) is 0 Å². The van der Waals surface area contributed by atoms with Gasteiger partial charge in [0.05, 0.1) is 11.4 Å². The molecule has 1 saturated heterocycles. The zero-order valence-electron chi connectivity index (χ0n) is 6.96. The molecule has 64 valence electrons. The number of aromatic nitrogens is 1. The van der Waals surface area contributed by atoms with Crippen LogP contribution >= 0.6 is 0 Å². The highest BCUT2D eigenvalue weighted by Gasteiger charge is 2.19. The molecule has 0 aliphatic carbocycles. The van der Waals surface area contributed by atoms with Gasteiger partial charge in [-0.25, -0.2) is 0 Å². The Balaban J connectivity index is 2.26. The van der Waals surface area contributed by atoms with Crippen molar-refractivity contribution in [2.24, 2.45) is 0 Å². The molecular weight excluding hydrogens is 150 g/mol. The molecule has 0 unspecified atom stereocenters. The van der Waals surface area contributed by atoms with Crippen LogP contribution in [-0.4, -0.2) is 18.1 Å². The maximum atomic E-state index is 5.81. The predicted molar refractivity (Wildman–Crippen MR) is 48.9 cm³/mol. The van der Waals surface area contributed by atoms with Gasteiger partial charge in [0, 0.05) is 18.7 Å². The Hall–Kier alpha value is -1.09. The van der Waals surface area contributed by atoms with Crippen LogP contribution in [0.2, 0.25) is 0 Å². The van der Waals surface area contributed by atoms with Gasteiger partial charge in [-0.15, -0.1) is 0 Å². The van der Waals surface area contributed by atoms with Gasteiger partial charge in [0.15, 0.2) is 0 Å². The minimum absolute atomic E-state index is 0.520. The second-order valence-electron chi connectivity index (χ2n) is 3.17. The maximum Gasteiger partial charge on any atom is 0.0676 e. The number of nitrogens with one attached hydrogen (secondary N) is 1. The van der Waals surface area contributed by atoms with E-state index in [-0.39, 0.29) is 0 Å². The van der Waals surface area contributed by atoms with Crippen LogP contribution in [0.3, 0.4) is 0 Å². The maximum absolute atomic E-state index is 5.81. The van der Waals surface area contributed by atoms with Crippen LogP contribution in [-0.2, 0) is 0 Å². The number of rotatable bonds is 1. The lowest BCUT2D eigenvalue weighted by Gasteiger charge is -2.09. The first-order chi connectivity index (χ1) is 5.88. The smallest absolute Gasteiger partial charge is 0.0676 e. The van der Waals surface area contributed by atoms with Gasteiger partial charge in [0.25, 0.3) is 0 Å². The summed E-state index contributed by atoms with van der Waals surface area (Å²) in [5.41, 5.74) is 7.69. The van der Waals surface area contributed by atoms with E-state index in [1.807, 2.05) is 18.3 Å². The molecule has 0 aromatic carbocycles. The molecule has 3 heteroatoms. The van der Waals surface area contributed by atoms with Crippen molar-refractivity contribution in [2.75, 3.05) is 18.8 Å². The van der Waals surface area contributed by atoms with Crippen molar-refractivity contribution in [1.82, 2.24) is 10.3 Å². The summed E-state index contributed by atoms with van der Waals surface area (Å²) in [7, 11) is 0. The highest BCUT2D eigenvalue weighted by atomic mass is 14.9. The average Bonchev–Trinajstić information content (AvgIpc) is 2.57. The molecule has 0 saturated carbocycles. The fourth-order valence-electron chi connectivity index (χ4n) is 1.66. The van der Waals surface area contributed by atoms with Gasteiger partial charge < -0.3 is 11.1 Å². The molecule has 1 atom stereocenters. The molecule has 1 aromatic heterocycles. The van der Waals surface area contributed by atoms with Crippen LogP contribution in [0.1, 0.15) is 18.0 Å². The zero-order valence-corrected chi connectivity index (χ0v) is 6.96. The molecule has 0 amide bonds. The number of pyridine rings is 1. The number of nitrogens with zero attached hydrogens (tertiary/aromatic N) is 1. The molecule has 0 radical (unpaired) electrons. The largest absolute Gasteiger partial charge is 0.397 e. The summed E-state index contributed by atoms with van der Waals surface area (Å²) >= 11 is 0. The zero-order chi connectivity index (χ0) is 8.39. The van der Waals surface area contributed by atoms with E-state index in [4.69, 9.17) is 5.73 Å². The van der Waals surface area contributed by atoms with E-state index in [9.17, 15) is 0 Å². The van der Waals surface area contributed by atoms with E-state index in [0.717, 1.165) is 30.9 Å². The second-order valence-corrected chi connectivity index (χ2v) is 3.17. The fourth-order valence-corrected chi connectivity index (χ4v) is 1.66. The Morgan fingerprint density at radius 2 is 2.50 bits per heavy atom. The number of nitrogen functional groups attached to an aromatic ring is 1. The molecule has 1 aromatic rings. The van der Waals surface area contributed by atoms with Crippen molar-refractivity contribution in [3.63, 3.8) is 0 Å². The minimum atomic E-state index is 0.520. The molecule has 1 fully saturated rings. The van der Waals surface area contributed by atoms with E-state index < -0.39 is 0 Å². The molecule has 3 N–H and O–H groups in total. The molecule has 0 spiro atoms. The van der Waals surface area contributed by atoms with Crippen molar-refractivity contribution in [1.29, 1.82) is 0 Å². The van der Waals surface area contributed by atoms with Gasteiger partial charge >= 0.3 is 0 Å². The van der Waals surface area contributed by atoms with Crippen molar-refractivity contribution < 1.29 is 0 Å². The minimum Gasteiger partial charge on any atom is -0.397 e. The van der Waals surface area contributed by atoms with Crippen LogP contribution in [0.5, 0.6) is 0 Å². The van der Waals surface area contributed by atoms with Crippen molar-refractivity contribution in [3.05, 3.63) is 24.0 Å². The Kier molecular flexibility index (Phi) is 1.96. The van der Waals surface area contributed by atoms with Crippen molar-refractivity contribution in [2.45, 2.75) is 12.3 Å². The van der Waals surface area contributed by atoms with Gasteiger partial charge in [0.2, 0.25) is 0 Å². The molecular formula is C9H13N3. The lowest BCUT2D eigenvalue weighted by molar-refractivity contribution is 0.738. The molecule has 2 rings (SSSR count). The Bertz CT molecular complexity index is 266. The summed E-state index contributed by atoms with van der Waals surface area (Å²) in [4.78, 5) is 4.30. The highest BCUT2D eigenvalue weighted by molar-refractivity contribution is 5.44. The highest BCUT2D eigenvalue weighted by Crippen LogP contribution is 2.24. The summed E-state index contributed by atoms with van der Waals surface area (Å²) in [6.45, 7) is 2.10. The Labute approximate surface area is 72.0 Å². The summed E-state index contributed by atoms with van der Waals surface area (Å²) in [5.74, 6) is 0.520. The number of anilines is 1. The summed E-state index contributed by atoms with van der Waals surface area (Å²) in [5, 5.41) is 3.30. The standard InChI is InChI=1S/C9H13N3/c10-8-2-1-4-12-9(8)7-3-5-11-6-7/h1-2,4,7,11H,3,5-6,10H2/t7-/m0/s1. The monoisotopic (exact) mass is 163 g/mol. The fraction of sp³-hybridized carbons (Fsp3) is 0.444. The Morgan fingerprint density at radius 1 is 1.58 bits per heavy atom. The summed E-state index contributed by atoms with van der Waals surface area (Å²) < 4.78 is 0. The second kappa shape index (κ2) is 3.11. The van der Waals surface area contributed by atoms with E-state index in [0.29, 0.717) is 5.92 Å². The molecule has 2 heterocycles. The van der Waals surface area contributed by atoms with E-state index in [2.05, 4.69) is 10.3 Å².